The lowest BCUT2D eigenvalue weighted by atomic mass is 10.1. The molecular weight excluding hydrogens is 246 g/mol. The minimum Gasteiger partial charge on any atom is -0.493 e. The summed E-state index contributed by atoms with van der Waals surface area (Å²) in [6.45, 7) is -2.92. The third kappa shape index (κ3) is 4.20. The second kappa shape index (κ2) is 6.78. The predicted molar refractivity (Wildman–Crippen MR) is 60.0 cm³/mol. The van der Waals surface area contributed by atoms with Crippen molar-refractivity contribution in [2.45, 2.75) is 19.5 Å². The van der Waals surface area contributed by atoms with Crippen LogP contribution in [0.3, 0.4) is 0 Å². The van der Waals surface area contributed by atoms with Crippen molar-refractivity contribution in [2.75, 3.05) is 14.2 Å². The van der Waals surface area contributed by atoms with Gasteiger partial charge in [-0.05, 0) is 24.1 Å². The second-order valence-corrected chi connectivity index (χ2v) is 3.44. The molecule has 0 bridgehead atoms. The zero-order valence-corrected chi connectivity index (χ0v) is 10.1. The molecule has 0 saturated carbocycles. The van der Waals surface area contributed by atoms with Gasteiger partial charge in [-0.3, -0.25) is 4.79 Å². The Morgan fingerprint density at radius 1 is 1.28 bits per heavy atom. The van der Waals surface area contributed by atoms with Crippen LogP contribution in [-0.4, -0.2) is 26.8 Å². The SMILES string of the molecule is COC(=O)CCc1ccc(OC)c(OC(F)F)c1. The maximum absolute atomic E-state index is 12.2. The zero-order valence-electron chi connectivity index (χ0n) is 10.1. The number of rotatable bonds is 6. The molecule has 0 atom stereocenters. The van der Waals surface area contributed by atoms with E-state index in [9.17, 15) is 13.6 Å². The van der Waals surface area contributed by atoms with Gasteiger partial charge in [0.05, 0.1) is 14.2 Å². The fourth-order valence-corrected chi connectivity index (χ4v) is 1.41. The summed E-state index contributed by atoms with van der Waals surface area (Å²) in [5, 5.41) is 0. The molecule has 6 heteroatoms. The molecule has 0 unspecified atom stereocenters. The molecule has 0 heterocycles. The first kappa shape index (κ1) is 14.2. The summed E-state index contributed by atoms with van der Waals surface area (Å²) in [5.74, 6) is -0.186. The highest BCUT2D eigenvalue weighted by atomic mass is 19.3. The third-order valence-electron chi connectivity index (χ3n) is 2.29. The van der Waals surface area contributed by atoms with E-state index >= 15 is 0 Å². The van der Waals surface area contributed by atoms with Crippen LogP contribution in [0.1, 0.15) is 12.0 Å². The molecule has 18 heavy (non-hydrogen) atoms. The summed E-state index contributed by atoms with van der Waals surface area (Å²) in [7, 11) is 2.66. The van der Waals surface area contributed by atoms with Crippen molar-refractivity contribution in [2.24, 2.45) is 0 Å². The first-order chi connectivity index (χ1) is 8.56. The van der Waals surface area contributed by atoms with Gasteiger partial charge in [-0.2, -0.15) is 8.78 Å². The molecule has 0 N–H and O–H groups in total. The second-order valence-electron chi connectivity index (χ2n) is 3.44. The van der Waals surface area contributed by atoms with Gasteiger partial charge >= 0.3 is 12.6 Å². The quantitative estimate of drug-likeness (QED) is 0.737. The first-order valence-electron chi connectivity index (χ1n) is 5.25. The van der Waals surface area contributed by atoms with Gasteiger partial charge < -0.3 is 14.2 Å². The van der Waals surface area contributed by atoms with Crippen molar-refractivity contribution in [3.8, 4) is 11.5 Å². The van der Waals surface area contributed by atoms with Gasteiger partial charge in [0.25, 0.3) is 0 Å². The minimum absolute atomic E-state index is 0.0464. The lowest BCUT2D eigenvalue weighted by molar-refractivity contribution is -0.140. The van der Waals surface area contributed by atoms with Crippen LogP contribution in [-0.2, 0) is 16.0 Å². The molecule has 1 aromatic carbocycles. The van der Waals surface area contributed by atoms with E-state index in [1.165, 1.54) is 26.4 Å². The van der Waals surface area contributed by atoms with E-state index in [4.69, 9.17) is 4.74 Å². The normalized spacial score (nSPS) is 10.3. The van der Waals surface area contributed by atoms with E-state index < -0.39 is 6.61 Å². The smallest absolute Gasteiger partial charge is 0.387 e. The van der Waals surface area contributed by atoms with Crippen molar-refractivity contribution in [3.63, 3.8) is 0 Å². The lowest BCUT2D eigenvalue weighted by Crippen LogP contribution is -2.05. The number of hydrogen-bond acceptors (Lipinski definition) is 4. The van der Waals surface area contributed by atoms with Crippen LogP contribution < -0.4 is 9.47 Å². The highest BCUT2D eigenvalue weighted by Crippen LogP contribution is 2.29. The molecule has 0 saturated heterocycles. The van der Waals surface area contributed by atoms with Gasteiger partial charge in [0.2, 0.25) is 0 Å². The summed E-state index contributed by atoms with van der Waals surface area (Å²) >= 11 is 0. The molecule has 1 rings (SSSR count). The number of ether oxygens (including phenoxy) is 3. The number of methoxy groups -OCH3 is 2. The molecule has 1 aromatic rings. The molecule has 0 aromatic heterocycles. The maximum Gasteiger partial charge on any atom is 0.387 e. The molecule has 0 aliphatic carbocycles. The van der Waals surface area contributed by atoms with E-state index in [0.717, 1.165) is 0 Å². The van der Waals surface area contributed by atoms with Crippen LogP contribution in [0.4, 0.5) is 8.78 Å². The molecule has 0 fully saturated rings. The van der Waals surface area contributed by atoms with Gasteiger partial charge in [-0.1, -0.05) is 6.07 Å². The van der Waals surface area contributed by atoms with Crippen LogP contribution in [0.2, 0.25) is 0 Å². The fourth-order valence-electron chi connectivity index (χ4n) is 1.41. The van der Waals surface area contributed by atoms with E-state index in [1.807, 2.05) is 0 Å². The Hall–Kier alpha value is -1.85. The van der Waals surface area contributed by atoms with Gasteiger partial charge in [0.1, 0.15) is 0 Å². The lowest BCUT2D eigenvalue weighted by Gasteiger charge is -2.11. The molecule has 4 nitrogen and oxygen atoms in total. The average Bonchev–Trinajstić information content (AvgIpc) is 2.35. The Balaban J connectivity index is 2.78. The topological polar surface area (TPSA) is 44.8 Å². The highest BCUT2D eigenvalue weighted by molar-refractivity contribution is 5.69. The van der Waals surface area contributed by atoms with Crippen LogP contribution in [0, 0.1) is 0 Å². The summed E-state index contributed by atoms with van der Waals surface area (Å²) in [4.78, 5) is 11.0. The summed E-state index contributed by atoms with van der Waals surface area (Å²) in [6, 6.07) is 4.62. The van der Waals surface area contributed by atoms with Crippen molar-refractivity contribution >= 4 is 5.97 Å². The van der Waals surface area contributed by atoms with Crippen molar-refractivity contribution in [1.82, 2.24) is 0 Å². The summed E-state index contributed by atoms with van der Waals surface area (Å²) in [6.07, 6.45) is 0.563. The van der Waals surface area contributed by atoms with Crippen LogP contribution in [0.25, 0.3) is 0 Å². The van der Waals surface area contributed by atoms with Crippen molar-refractivity contribution in [3.05, 3.63) is 23.8 Å². The maximum atomic E-state index is 12.2. The van der Waals surface area contributed by atoms with Crippen LogP contribution >= 0.6 is 0 Å². The van der Waals surface area contributed by atoms with Gasteiger partial charge in [0.15, 0.2) is 11.5 Å². The number of esters is 1. The van der Waals surface area contributed by atoms with Crippen molar-refractivity contribution < 1.29 is 27.8 Å². The molecule has 0 amide bonds. The molecule has 0 radical (unpaired) electrons. The predicted octanol–water partition coefficient (Wildman–Crippen LogP) is 2.40. The van der Waals surface area contributed by atoms with Gasteiger partial charge in [-0.15, -0.1) is 0 Å². The summed E-state index contributed by atoms with van der Waals surface area (Å²) in [5.41, 5.74) is 0.692. The number of alkyl halides is 2. The van der Waals surface area contributed by atoms with Crippen molar-refractivity contribution in [1.29, 1.82) is 0 Å². The fraction of sp³-hybridized carbons (Fsp3) is 0.417. The number of halogens is 2. The number of carbonyl (C=O) groups excluding carboxylic acids is 1. The molecule has 0 spiro atoms. The van der Waals surface area contributed by atoms with E-state index in [1.54, 1.807) is 6.07 Å². The summed E-state index contributed by atoms with van der Waals surface area (Å²) < 4.78 is 38.1. The molecule has 0 aliphatic rings. The molecular formula is C12H14F2O4. The van der Waals surface area contributed by atoms with Gasteiger partial charge in [0, 0.05) is 6.42 Å². The average molecular weight is 260 g/mol. The number of benzene rings is 1. The Morgan fingerprint density at radius 3 is 2.56 bits per heavy atom. The minimum atomic E-state index is -2.92. The van der Waals surface area contributed by atoms with E-state index in [0.29, 0.717) is 12.0 Å². The van der Waals surface area contributed by atoms with E-state index in [-0.39, 0.29) is 23.9 Å². The first-order valence-corrected chi connectivity index (χ1v) is 5.25. The number of hydrogen-bond donors (Lipinski definition) is 0. The standard InChI is InChI=1S/C12H14F2O4/c1-16-9-5-3-8(4-6-11(15)17-2)7-10(9)18-12(13)14/h3,5,7,12H,4,6H2,1-2H3. The monoisotopic (exact) mass is 260 g/mol. The van der Waals surface area contributed by atoms with Crippen LogP contribution in [0.5, 0.6) is 11.5 Å². The van der Waals surface area contributed by atoms with Crippen LogP contribution in [0.15, 0.2) is 18.2 Å². The molecule has 100 valence electrons. The largest absolute Gasteiger partial charge is 0.493 e. The number of aryl methyl sites for hydroxylation is 1. The highest BCUT2D eigenvalue weighted by Gasteiger charge is 2.11. The number of carbonyl (C=O) groups is 1. The van der Waals surface area contributed by atoms with E-state index in [2.05, 4.69) is 9.47 Å². The zero-order chi connectivity index (χ0) is 13.5. The Labute approximate surface area is 103 Å². The van der Waals surface area contributed by atoms with Gasteiger partial charge in [-0.25, -0.2) is 0 Å². The Kier molecular flexibility index (Phi) is 5.35. The Morgan fingerprint density at radius 2 is 2.00 bits per heavy atom. The molecule has 0 aliphatic heterocycles. The Bertz CT molecular complexity index is 407. The third-order valence-corrected chi connectivity index (χ3v) is 2.29.